The third kappa shape index (κ3) is 4.34. The number of hydrogen-bond donors (Lipinski definition) is 0. The van der Waals surface area contributed by atoms with Crippen LogP contribution in [0, 0.1) is 0 Å². The molecule has 0 heterocycles. The van der Waals surface area contributed by atoms with Crippen LogP contribution in [-0.4, -0.2) is 14.2 Å². The van der Waals surface area contributed by atoms with Gasteiger partial charge in [0.05, 0.1) is 0 Å². The third-order valence-electron chi connectivity index (χ3n) is 1.86. The molecule has 0 saturated carbocycles. The Morgan fingerprint density at radius 1 is 1.00 bits per heavy atom. The van der Waals surface area contributed by atoms with Crippen LogP contribution in [0.2, 0.25) is 0 Å². The monoisotopic (exact) mass is 356 g/mol. The Morgan fingerprint density at radius 2 is 1.43 bits per heavy atom. The van der Waals surface area contributed by atoms with Gasteiger partial charge < -0.3 is 4.74 Å². The molecule has 2 aliphatic carbocycles. The van der Waals surface area contributed by atoms with E-state index in [-0.39, 0.29) is 0 Å². The fraction of sp³-hybridized carbons (Fsp3) is 0.333. The molecule has 0 spiro atoms. The predicted molar refractivity (Wildman–Crippen MR) is 56.6 cm³/mol. The van der Waals surface area contributed by atoms with E-state index in [9.17, 15) is 0 Å². The van der Waals surface area contributed by atoms with Crippen molar-refractivity contribution in [3.05, 3.63) is 43.1 Å². The molecule has 0 N–H and O–H groups in total. The van der Waals surface area contributed by atoms with Crippen LogP contribution in [0.1, 0.15) is 12.8 Å². The van der Waals surface area contributed by atoms with E-state index in [2.05, 4.69) is 41.2 Å². The van der Waals surface area contributed by atoms with Crippen molar-refractivity contribution in [1.29, 1.82) is 0 Å². The van der Waals surface area contributed by atoms with Crippen molar-refractivity contribution in [2.24, 2.45) is 0 Å². The smallest absolute Gasteiger partial charge is 0.0351 e. The molecule has 2 aliphatic rings. The summed E-state index contributed by atoms with van der Waals surface area (Å²) in [5.74, 6) is 0. The molecule has 0 fully saturated rings. The quantitative estimate of drug-likeness (QED) is 0.693. The Hall–Kier alpha value is -0.210. The van der Waals surface area contributed by atoms with Crippen molar-refractivity contribution in [2.45, 2.75) is 12.8 Å². The standard InChI is InChI=1S/2C5H5.C2H6O.Hf/c2*1-2-4-5-3-1;1-3-2;/h2*1-3H,4H2;1-2H3;. The van der Waals surface area contributed by atoms with Gasteiger partial charge in [-0.3, -0.25) is 0 Å². The summed E-state index contributed by atoms with van der Waals surface area (Å²) in [6, 6.07) is 0. The molecule has 0 aliphatic heterocycles. The van der Waals surface area contributed by atoms with E-state index in [1.165, 1.54) is 12.8 Å². The Morgan fingerprint density at radius 3 is 1.71 bits per heavy atom. The molecular weight excluding hydrogens is 339 g/mol. The third-order valence-corrected chi connectivity index (χ3v) is 6.84. The first-order valence-electron chi connectivity index (χ1n) is 4.75. The first-order valence-corrected chi connectivity index (χ1v) is 8.34. The van der Waals surface area contributed by atoms with E-state index in [0.29, 0.717) is 0 Å². The van der Waals surface area contributed by atoms with Crippen molar-refractivity contribution in [3.63, 3.8) is 0 Å². The van der Waals surface area contributed by atoms with Gasteiger partial charge in [0.25, 0.3) is 0 Å². The minimum absolute atomic E-state index is 0.526. The van der Waals surface area contributed by atoms with Crippen LogP contribution in [0.3, 0.4) is 0 Å². The zero-order valence-corrected chi connectivity index (χ0v) is 12.4. The van der Waals surface area contributed by atoms with Crippen molar-refractivity contribution < 1.29 is 27.6 Å². The van der Waals surface area contributed by atoms with E-state index >= 15 is 0 Å². The first-order chi connectivity index (χ1) is 6.86. The summed E-state index contributed by atoms with van der Waals surface area (Å²) in [5, 5.41) is 0. The molecule has 2 heteroatoms. The second-order valence-corrected chi connectivity index (χ2v) is 8.69. The molecule has 1 nitrogen and oxygen atoms in total. The number of ether oxygens (including phenoxy) is 1. The Bertz CT molecular complexity index is 257. The number of allylic oxidation sites excluding steroid dienone is 8. The number of hydrogen-bond acceptors (Lipinski definition) is 1. The van der Waals surface area contributed by atoms with Crippen molar-refractivity contribution >= 4 is 0 Å². The molecule has 0 bridgehead atoms. The SMILES string of the molecule is C1=CC[C]([Hf][C]2=CC=CC2)=C1.COC. The fourth-order valence-corrected chi connectivity index (χ4v) is 5.64. The second kappa shape index (κ2) is 7.13. The zero-order chi connectivity index (χ0) is 10.2. The van der Waals surface area contributed by atoms with Crippen LogP contribution in [0.25, 0.3) is 0 Å². The van der Waals surface area contributed by atoms with Crippen LogP contribution in [0.15, 0.2) is 43.1 Å². The van der Waals surface area contributed by atoms with E-state index in [4.69, 9.17) is 0 Å². The minimum atomic E-state index is -0.526. The average molecular weight is 355 g/mol. The molecule has 0 radical (unpaired) electrons. The van der Waals surface area contributed by atoms with Gasteiger partial charge in [0.2, 0.25) is 0 Å². The summed E-state index contributed by atoms with van der Waals surface area (Å²) < 4.78 is 7.75. The van der Waals surface area contributed by atoms with Crippen LogP contribution in [0.4, 0.5) is 0 Å². The van der Waals surface area contributed by atoms with Crippen LogP contribution in [-0.2, 0) is 27.6 Å². The molecule has 0 aromatic carbocycles. The molecule has 74 valence electrons. The number of methoxy groups -OCH3 is 1. The zero-order valence-electron chi connectivity index (χ0n) is 8.79. The van der Waals surface area contributed by atoms with E-state index < -0.39 is 22.9 Å². The van der Waals surface area contributed by atoms with Crippen LogP contribution >= 0.6 is 0 Å². The van der Waals surface area contributed by atoms with Gasteiger partial charge in [-0.25, -0.2) is 0 Å². The molecule has 0 aromatic heterocycles. The molecule has 2 rings (SSSR count). The minimum Gasteiger partial charge on any atom is -0.388 e. The summed E-state index contributed by atoms with van der Waals surface area (Å²) in [5.41, 5.74) is 0. The number of rotatable bonds is 2. The van der Waals surface area contributed by atoms with Gasteiger partial charge in [0, 0.05) is 14.2 Å². The maximum absolute atomic E-state index is 4.25. The molecule has 0 aromatic rings. The summed E-state index contributed by atoms with van der Waals surface area (Å²) >= 11 is -0.526. The Balaban J connectivity index is 0.000000293. The average Bonchev–Trinajstić information content (AvgIpc) is 2.79. The normalized spacial score (nSPS) is 17.3. The summed E-state index contributed by atoms with van der Waals surface area (Å²) in [4.78, 5) is 0. The van der Waals surface area contributed by atoms with Crippen molar-refractivity contribution in [2.75, 3.05) is 14.2 Å². The van der Waals surface area contributed by atoms with Gasteiger partial charge in [-0.15, -0.1) is 0 Å². The van der Waals surface area contributed by atoms with E-state index in [1.807, 2.05) is 0 Å². The van der Waals surface area contributed by atoms with Crippen molar-refractivity contribution in [3.8, 4) is 0 Å². The van der Waals surface area contributed by atoms with Crippen LogP contribution < -0.4 is 0 Å². The van der Waals surface area contributed by atoms with E-state index in [0.717, 1.165) is 0 Å². The molecule has 0 atom stereocenters. The van der Waals surface area contributed by atoms with Gasteiger partial charge in [-0.1, -0.05) is 0 Å². The molecular formula is C12H16HfO. The Kier molecular flexibility index (Phi) is 6.04. The summed E-state index contributed by atoms with van der Waals surface area (Å²) in [6.07, 6.45) is 16.1. The molecule has 0 saturated heterocycles. The van der Waals surface area contributed by atoms with Gasteiger partial charge in [-0.2, -0.15) is 0 Å². The molecule has 0 unspecified atom stereocenters. The van der Waals surface area contributed by atoms with Crippen molar-refractivity contribution in [1.82, 2.24) is 0 Å². The Labute approximate surface area is 97.6 Å². The van der Waals surface area contributed by atoms with Gasteiger partial charge >= 0.3 is 78.9 Å². The second-order valence-electron chi connectivity index (χ2n) is 3.18. The summed E-state index contributed by atoms with van der Waals surface area (Å²) in [6.45, 7) is 0. The van der Waals surface area contributed by atoms with Crippen LogP contribution in [0.5, 0.6) is 0 Å². The maximum Gasteiger partial charge on any atom is 0.0351 e. The molecule has 14 heavy (non-hydrogen) atoms. The predicted octanol–water partition coefficient (Wildman–Crippen LogP) is 3.02. The largest absolute Gasteiger partial charge is 0.388 e. The first kappa shape index (κ1) is 11.9. The fourth-order valence-electron chi connectivity index (χ4n) is 1.29. The maximum atomic E-state index is 4.25. The van der Waals surface area contributed by atoms with Gasteiger partial charge in [0.1, 0.15) is 0 Å². The van der Waals surface area contributed by atoms with Gasteiger partial charge in [0.15, 0.2) is 0 Å². The van der Waals surface area contributed by atoms with Gasteiger partial charge in [-0.05, 0) is 0 Å². The topological polar surface area (TPSA) is 9.23 Å². The molecule has 0 amide bonds. The summed E-state index contributed by atoms with van der Waals surface area (Å²) in [7, 11) is 3.25. The van der Waals surface area contributed by atoms with E-state index in [1.54, 1.807) is 20.9 Å².